The summed E-state index contributed by atoms with van der Waals surface area (Å²) in [4.78, 5) is 36.3. The topological polar surface area (TPSA) is 73.1 Å². The van der Waals surface area contributed by atoms with Gasteiger partial charge in [-0.1, -0.05) is 33.8 Å². The number of nitrogens with zero attached hydrogens (tertiary/aromatic N) is 2. The van der Waals surface area contributed by atoms with Gasteiger partial charge in [0.2, 0.25) is 11.8 Å². The predicted octanol–water partition coefficient (Wildman–Crippen LogP) is 2.31. The summed E-state index contributed by atoms with van der Waals surface area (Å²) in [5.41, 5.74) is 2.37. The highest BCUT2D eigenvalue weighted by atomic mass is 16.2. The van der Waals surface area contributed by atoms with E-state index in [1.54, 1.807) is 11.6 Å². The number of nitrogens with one attached hydrogen (secondary N) is 1. The molecule has 1 aliphatic heterocycles. The number of rotatable bonds is 2. The largest absolute Gasteiger partial charge is 0.329 e. The molecule has 6 heteroatoms. The van der Waals surface area contributed by atoms with Crippen LogP contribution in [0.1, 0.15) is 52.1 Å². The second-order valence-corrected chi connectivity index (χ2v) is 7.76. The molecule has 0 saturated carbocycles. The van der Waals surface area contributed by atoms with Gasteiger partial charge in [-0.15, -0.1) is 0 Å². The van der Waals surface area contributed by atoms with Crippen molar-refractivity contribution in [2.75, 3.05) is 0 Å². The quantitative estimate of drug-likeness (QED) is 0.851. The van der Waals surface area contributed by atoms with Crippen LogP contribution in [0.4, 0.5) is 0 Å². The summed E-state index contributed by atoms with van der Waals surface area (Å²) >= 11 is 0. The Balaban J connectivity index is 2.13. The number of carbonyl (C=O) groups excluding carboxylic acids is 2. The van der Waals surface area contributed by atoms with E-state index in [1.165, 1.54) is 10.5 Å². The maximum absolute atomic E-state index is 12.7. The SMILES string of the molecule is C[C](c1ccc2c(c1)n(C)c(=O)n2C1CCC(=O)NC1=O)C(C)(C)C. The van der Waals surface area contributed by atoms with E-state index in [0.29, 0.717) is 11.9 Å². The molecule has 0 aliphatic carbocycles. The summed E-state index contributed by atoms with van der Waals surface area (Å²) in [5, 5.41) is 2.33. The Kier molecular flexibility index (Phi) is 4.09. The van der Waals surface area contributed by atoms with Crippen molar-refractivity contribution in [3.05, 3.63) is 40.2 Å². The number of aryl methyl sites for hydroxylation is 1. The van der Waals surface area contributed by atoms with Gasteiger partial charge in [0.05, 0.1) is 11.0 Å². The number of hydrogen-bond donors (Lipinski definition) is 1. The van der Waals surface area contributed by atoms with Crippen LogP contribution >= 0.6 is 0 Å². The number of aromatic nitrogens is 2. The Labute approximate surface area is 146 Å². The van der Waals surface area contributed by atoms with Crippen molar-refractivity contribution < 1.29 is 9.59 Å². The molecule has 1 aromatic heterocycles. The first kappa shape index (κ1) is 17.5. The number of carbonyl (C=O) groups is 2. The number of imide groups is 1. The van der Waals surface area contributed by atoms with Gasteiger partial charge in [0.15, 0.2) is 0 Å². The molecular weight excluding hydrogens is 318 g/mol. The molecule has 1 unspecified atom stereocenters. The van der Waals surface area contributed by atoms with Crippen LogP contribution in [0, 0.1) is 11.3 Å². The number of imidazole rings is 1. The summed E-state index contributed by atoms with van der Waals surface area (Å²) in [7, 11) is 1.71. The fourth-order valence-electron chi connectivity index (χ4n) is 3.26. The summed E-state index contributed by atoms with van der Waals surface area (Å²) in [6.07, 6.45) is 0.590. The van der Waals surface area contributed by atoms with Crippen molar-refractivity contribution in [2.24, 2.45) is 12.5 Å². The third-order valence-corrected chi connectivity index (χ3v) is 5.17. The van der Waals surface area contributed by atoms with Crippen LogP contribution in [-0.4, -0.2) is 20.9 Å². The fourth-order valence-corrected chi connectivity index (χ4v) is 3.26. The first-order valence-electron chi connectivity index (χ1n) is 8.50. The molecule has 1 radical (unpaired) electrons. The van der Waals surface area contributed by atoms with Crippen LogP contribution in [0.3, 0.4) is 0 Å². The van der Waals surface area contributed by atoms with Crippen molar-refractivity contribution in [1.29, 1.82) is 0 Å². The van der Waals surface area contributed by atoms with Gasteiger partial charge in [0.25, 0.3) is 0 Å². The van der Waals surface area contributed by atoms with E-state index >= 15 is 0 Å². The number of piperidine rings is 1. The first-order chi connectivity index (χ1) is 11.6. The van der Waals surface area contributed by atoms with Gasteiger partial charge in [-0.3, -0.25) is 24.0 Å². The van der Waals surface area contributed by atoms with Crippen molar-refractivity contribution in [2.45, 2.75) is 46.6 Å². The Morgan fingerprint density at radius 3 is 2.44 bits per heavy atom. The average molecular weight is 342 g/mol. The van der Waals surface area contributed by atoms with Crippen LogP contribution in [-0.2, 0) is 16.6 Å². The molecule has 1 saturated heterocycles. The zero-order valence-electron chi connectivity index (χ0n) is 15.3. The Bertz CT molecular complexity index is 914. The normalized spacial score (nSPS) is 18.9. The lowest BCUT2D eigenvalue weighted by Crippen LogP contribution is -2.44. The molecule has 1 aromatic carbocycles. The van der Waals surface area contributed by atoms with Crippen molar-refractivity contribution in [3.8, 4) is 0 Å². The minimum absolute atomic E-state index is 0.0265. The van der Waals surface area contributed by atoms with Gasteiger partial charge >= 0.3 is 5.69 Å². The van der Waals surface area contributed by atoms with E-state index in [1.807, 2.05) is 18.2 Å². The smallest absolute Gasteiger partial charge is 0.295 e. The number of hydrogen-bond acceptors (Lipinski definition) is 3. The molecule has 133 valence electrons. The van der Waals surface area contributed by atoms with Gasteiger partial charge < -0.3 is 0 Å². The third kappa shape index (κ3) is 2.90. The minimum atomic E-state index is -0.646. The monoisotopic (exact) mass is 342 g/mol. The predicted molar refractivity (Wildman–Crippen MR) is 96.1 cm³/mol. The maximum atomic E-state index is 12.7. The summed E-state index contributed by atoms with van der Waals surface area (Å²) in [6.45, 7) is 8.55. The molecule has 2 heterocycles. The van der Waals surface area contributed by atoms with Crippen LogP contribution in [0.15, 0.2) is 23.0 Å². The van der Waals surface area contributed by atoms with Crippen LogP contribution in [0.5, 0.6) is 0 Å². The summed E-state index contributed by atoms with van der Waals surface area (Å²) in [6, 6.07) is 5.24. The van der Waals surface area contributed by atoms with E-state index in [9.17, 15) is 14.4 Å². The molecule has 6 nitrogen and oxygen atoms in total. The number of amides is 2. The Morgan fingerprint density at radius 1 is 1.16 bits per heavy atom. The molecule has 1 aliphatic rings. The molecule has 2 aromatic rings. The van der Waals surface area contributed by atoms with Gasteiger partial charge in [-0.25, -0.2) is 4.79 Å². The zero-order chi connectivity index (χ0) is 18.5. The summed E-state index contributed by atoms with van der Waals surface area (Å²) in [5.74, 6) is 0.537. The molecule has 1 fully saturated rings. The molecule has 1 N–H and O–H groups in total. The van der Waals surface area contributed by atoms with E-state index in [-0.39, 0.29) is 23.4 Å². The lowest BCUT2D eigenvalue weighted by atomic mass is 9.78. The van der Waals surface area contributed by atoms with Gasteiger partial charge in [-0.2, -0.15) is 0 Å². The Morgan fingerprint density at radius 2 is 1.84 bits per heavy atom. The van der Waals surface area contributed by atoms with Crippen LogP contribution in [0.2, 0.25) is 0 Å². The van der Waals surface area contributed by atoms with E-state index < -0.39 is 11.9 Å². The standard InChI is InChI=1S/C19H24N3O3/c1-11(19(2,3)4)12-6-7-13-15(10-12)21(5)18(25)22(13)14-8-9-16(23)20-17(14)24/h6-7,10,14H,8-9H2,1-5H3,(H,20,23,24). The van der Waals surface area contributed by atoms with Crippen LogP contribution < -0.4 is 11.0 Å². The van der Waals surface area contributed by atoms with E-state index in [4.69, 9.17) is 0 Å². The highest BCUT2D eigenvalue weighted by Gasteiger charge is 2.31. The first-order valence-corrected chi connectivity index (χ1v) is 8.50. The molecular formula is C19H24N3O3. The van der Waals surface area contributed by atoms with Gasteiger partial charge in [0.1, 0.15) is 6.04 Å². The number of fused-ring (bicyclic) bond motifs is 1. The lowest BCUT2D eigenvalue weighted by molar-refractivity contribution is -0.135. The van der Waals surface area contributed by atoms with Crippen molar-refractivity contribution in [1.82, 2.24) is 14.5 Å². The zero-order valence-corrected chi connectivity index (χ0v) is 15.3. The molecule has 0 spiro atoms. The molecule has 25 heavy (non-hydrogen) atoms. The molecule has 3 rings (SSSR count). The van der Waals surface area contributed by atoms with Crippen molar-refractivity contribution >= 4 is 22.8 Å². The van der Waals surface area contributed by atoms with Crippen LogP contribution in [0.25, 0.3) is 11.0 Å². The van der Waals surface area contributed by atoms with Gasteiger partial charge in [0, 0.05) is 19.4 Å². The Hall–Kier alpha value is -2.37. The highest BCUT2D eigenvalue weighted by Crippen LogP contribution is 2.35. The van der Waals surface area contributed by atoms with E-state index in [2.05, 4.69) is 33.0 Å². The minimum Gasteiger partial charge on any atom is -0.295 e. The highest BCUT2D eigenvalue weighted by molar-refractivity contribution is 6.00. The van der Waals surface area contributed by atoms with Gasteiger partial charge in [-0.05, 0) is 29.5 Å². The molecule has 1 atom stereocenters. The third-order valence-electron chi connectivity index (χ3n) is 5.17. The maximum Gasteiger partial charge on any atom is 0.329 e. The second kappa shape index (κ2) is 5.86. The van der Waals surface area contributed by atoms with E-state index in [0.717, 1.165) is 11.1 Å². The average Bonchev–Trinajstić information content (AvgIpc) is 2.77. The summed E-state index contributed by atoms with van der Waals surface area (Å²) < 4.78 is 3.08. The molecule has 2 amide bonds. The van der Waals surface area contributed by atoms with Crippen molar-refractivity contribution in [3.63, 3.8) is 0 Å². The number of benzene rings is 1. The molecule has 0 bridgehead atoms. The second-order valence-electron chi connectivity index (χ2n) is 7.76. The fraction of sp³-hybridized carbons (Fsp3) is 0.474. The lowest BCUT2D eigenvalue weighted by Gasteiger charge is -2.27.